The molecule has 0 fully saturated rings. The fraction of sp³-hybridized carbons (Fsp3) is 0.0909. The number of fused-ring (bicyclic) bond motifs is 1. The van der Waals surface area contributed by atoms with Gasteiger partial charge in [0.25, 0.3) is 5.91 Å². The minimum absolute atomic E-state index is 0.157. The van der Waals surface area contributed by atoms with Crippen LogP contribution in [-0.4, -0.2) is 15.9 Å². The van der Waals surface area contributed by atoms with Gasteiger partial charge in [-0.05, 0) is 54.4 Å². The van der Waals surface area contributed by atoms with E-state index >= 15 is 0 Å². The van der Waals surface area contributed by atoms with Crippen molar-refractivity contribution in [3.8, 4) is 11.4 Å². The Kier molecular flexibility index (Phi) is 4.65. The Morgan fingerprint density at radius 3 is 2.59 bits per heavy atom. The molecule has 27 heavy (non-hydrogen) atoms. The summed E-state index contributed by atoms with van der Waals surface area (Å²) >= 11 is 6.37. The molecular formula is C22H18ClN3O. The molecule has 0 saturated heterocycles. The Labute approximate surface area is 162 Å². The molecular weight excluding hydrogens is 358 g/mol. The molecule has 3 aromatic carbocycles. The maximum Gasteiger partial charge on any atom is 0.255 e. The van der Waals surface area contributed by atoms with Crippen LogP contribution >= 0.6 is 11.6 Å². The molecule has 4 aromatic rings. The minimum atomic E-state index is -0.157. The number of hydrogen-bond acceptors (Lipinski definition) is 2. The Morgan fingerprint density at radius 1 is 1.07 bits per heavy atom. The Balaban J connectivity index is 1.62. The zero-order chi connectivity index (χ0) is 18.8. The standard InChI is InChI=1S/C22H18ClN3O/c1-2-14-7-9-15(10-8-14)22(27)24-16-11-12-18(23)17(13-16)21-25-19-5-3-4-6-20(19)26-21/h3-13H,2H2,1H3,(H,24,27)(H,25,26). The SMILES string of the molecule is CCc1ccc(C(=O)Nc2ccc(Cl)c(-c3nc4ccccc4[nH]3)c2)cc1. The lowest BCUT2D eigenvalue weighted by Crippen LogP contribution is -2.11. The Hall–Kier alpha value is -3.11. The predicted molar refractivity (Wildman–Crippen MR) is 110 cm³/mol. The van der Waals surface area contributed by atoms with Gasteiger partial charge in [0, 0.05) is 16.8 Å². The molecule has 0 radical (unpaired) electrons. The summed E-state index contributed by atoms with van der Waals surface area (Å²) in [5.41, 5.74) is 5.03. The molecule has 0 aliphatic rings. The zero-order valence-corrected chi connectivity index (χ0v) is 15.5. The maximum absolute atomic E-state index is 12.5. The van der Waals surface area contributed by atoms with Crippen molar-refractivity contribution in [1.82, 2.24) is 9.97 Å². The summed E-state index contributed by atoms with van der Waals surface area (Å²) in [5, 5.41) is 3.50. The lowest BCUT2D eigenvalue weighted by Gasteiger charge is -2.08. The number of nitrogens with one attached hydrogen (secondary N) is 2. The van der Waals surface area contributed by atoms with Gasteiger partial charge in [0.05, 0.1) is 16.1 Å². The second-order valence-corrected chi connectivity index (χ2v) is 6.71. The van der Waals surface area contributed by atoms with Crippen molar-refractivity contribution in [2.75, 3.05) is 5.32 Å². The first kappa shape index (κ1) is 17.3. The van der Waals surface area contributed by atoms with Crippen LogP contribution in [0.25, 0.3) is 22.4 Å². The summed E-state index contributed by atoms with van der Waals surface area (Å²) in [4.78, 5) is 20.4. The second kappa shape index (κ2) is 7.25. The normalized spacial score (nSPS) is 10.9. The predicted octanol–water partition coefficient (Wildman–Crippen LogP) is 5.70. The maximum atomic E-state index is 12.5. The number of nitrogens with zero attached hydrogens (tertiary/aromatic N) is 1. The van der Waals surface area contributed by atoms with Crippen molar-refractivity contribution < 1.29 is 4.79 Å². The van der Waals surface area contributed by atoms with Crippen LogP contribution in [0.5, 0.6) is 0 Å². The molecule has 1 amide bonds. The number of H-pyrrole nitrogens is 1. The number of anilines is 1. The third-order valence-corrected chi connectivity index (χ3v) is 4.82. The highest BCUT2D eigenvalue weighted by molar-refractivity contribution is 6.33. The third-order valence-electron chi connectivity index (χ3n) is 4.49. The third kappa shape index (κ3) is 3.57. The van der Waals surface area contributed by atoms with Crippen LogP contribution in [0.4, 0.5) is 5.69 Å². The summed E-state index contributed by atoms with van der Waals surface area (Å²) in [6, 6.07) is 20.8. The first-order valence-electron chi connectivity index (χ1n) is 8.79. The van der Waals surface area contributed by atoms with Crippen LogP contribution < -0.4 is 5.32 Å². The number of amides is 1. The van der Waals surface area contributed by atoms with Crippen molar-refractivity contribution in [3.63, 3.8) is 0 Å². The van der Waals surface area contributed by atoms with E-state index in [4.69, 9.17) is 11.6 Å². The average Bonchev–Trinajstić information content (AvgIpc) is 3.13. The van der Waals surface area contributed by atoms with Gasteiger partial charge in [-0.25, -0.2) is 4.98 Å². The molecule has 0 bridgehead atoms. The summed E-state index contributed by atoms with van der Waals surface area (Å²) in [6.07, 6.45) is 0.944. The molecule has 0 aliphatic heterocycles. The summed E-state index contributed by atoms with van der Waals surface area (Å²) in [5.74, 6) is 0.514. The molecule has 0 aliphatic carbocycles. The molecule has 134 valence electrons. The van der Waals surface area contributed by atoms with Crippen LogP contribution in [0, 0.1) is 0 Å². The summed E-state index contributed by atoms with van der Waals surface area (Å²) in [6.45, 7) is 2.09. The van der Waals surface area contributed by atoms with Crippen LogP contribution in [-0.2, 0) is 6.42 Å². The molecule has 0 saturated carbocycles. The van der Waals surface area contributed by atoms with Crippen molar-refractivity contribution in [1.29, 1.82) is 0 Å². The first-order valence-corrected chi connectivity index (χ1v) is 9.17. The fourth-order valence-electron chi connectivity index (χ4n) is 2.96. The number of hydrogen-bond donors (Lipinski definition) is 2. The molecule has 1 heterocycles. The number of rotatable bonds is 4. The molecule has 0 unspecified atom stereocenters. The van der Waals surface area contributed by atoms with Gasteiger partial charge in [0.1, 0.15) is 5.82 Å². The van der Waals surface area contributed by atoms with E-state index in [0.29, 0.717) is 22.1 Å². The Morgan fingerprint density at radius 2 is 1.85 bits per heavy atom. The number of imidazole rings is 1. The lowest BCUT2D eigenvalue weighted by molar-refractivity contribution is 0.102. The number of aromatic nitrogens is 2. The average molecular weight is 376 g/mol. The monoisotopic (exact) mass is 375 g/mol. The van der Waals surface area contributed by atoms with E-state index < -0.39 is 0 Å². The van der Waals surface area contributed by atoms with Gasteiger partial charge in [-0.1, -0.05) is 42.8 Å². The molecule has 5 heteroatoms. The van der Waals surface area contributed by atoms with E-state index in [2.05, 4.69) is 22.2 Å². The quantitative estimate of drug-likeness (QED) is 0.480. The highest BCUT2D eigenvalue weighted by Crippen LogP contribution is 2.30. The topological polar surface area (TPSA) is 57.8 Å². The van der Waals surface area contributed by atoms with Gasteiger partial charge in [-0.15, -0.1) is 0 Å². The number of carbonyl (C=O) groups is 1. The number of halogens is 1. The molecule has 4 nitrogen and oxygen atoms in total. The van der Waals surface area contributed by atoms with Gasteiger partial charge >= 0.3 is 0 Å². The van der Waals surface area contributed by atoms with Gasteiger partial charge in [-0.2, -0.15) is 0 Å². The van der Waals surface area contributed by atoms with Crippen LogP contribution in [0.2, 0.25) is 5.02 Å². The van der Waals surface area contributed by atoms with Gasteiger partial charge in [0.2, 0.25) is 0 Å². The fourth-order valence-corrected chi connectivity index (χ4v) is 3.17. The molecule has 2 N–H and O–H groups in total. The van der Waals surface area contributed by atoms with Crippen LogP contribution in [0.1, 0.15) is 22.8 Å². The van der Waals surface area contributed by atoms with Gasteiger partial charge in [-0.3, -0.25) is 4.79 Å². The summed E-state index contributed by atoms with van der Waals surface area (Å²) < 4.78 is 0. The second-order valence-electron chi connectivity index (χ2n) is 6.30. The van der Waals surface area contributed by atoms with E-state index in [1.807, 2.05) is 54.6 Å². The number of benzene rings is 3. The van der Waals surface area contributed by atoms with Crippen LogP contribution in [0.15, 0.2) is 66.7 Å². The lowest BCUT2D eigenvalue weighted by atomic mass is 10.1. The number of carbonyl (C=O) groups excluding carboxylic acids is 1. The van der Waals surface area contributed by atoms with Gasteiger partial charge in [0.15, 0.2) is 0 Å². The smallest absolute Gasteiger partial charge is 0.255 e. The largest absolute Gasteiger partial charge is 0.338 e. The minimum Gasteiger partial charge on any atom is -0.338 e. The van der Waals surface area contributed by atoms with E-state index in [0.717, 1.165) is 23.0 Å². The Bertz CT molecular complexity index is 1080. The van der Waals surface area contributed by atoms with Crippen LogP contribution in [0.3, 0.4) is 0 Å². The van der Waals surface area contributed by atoms with Crippen molar-refractivity contribution in [2.45, 2.75) is 13.3 Å². The number of para-hydroxylation sites is 2. The summed E-state index contributed by atoms with van der Waals surface area (Å²) in [7, 11) is 0. The highest BCUT2D eigenvalue weighted by atomic mass is 35.5. The highest BCUT2D eigenvalue weighted by Gasteiger charge is 2.12. The van der Waals surface area contributed by atoms with Crippen molar-refractivity contribution in [3.05, 3.63) is 82.9 Å². The van der Waals surface area contributed by atoms with E-state index in [1.165, 1.54) is 5.56 Å². The molecule has 4 rings (SSSR count). The molecule has 1 aromatic heterocycles. The zero-order valence-electron chi connectivity index (χ0n) is 14.8. The molecule has 0 spiro atoms. The van der Waals surface area contributed by atoms with Crippen molar-refractivity contribution >= 4 is 34.2 Å². The van der Waals surface area contributed by atoms with Gasteiger partial charge < -0.3 is 10.3 Å². The number of aromatic amines is 1. The molecule has 0 atom stereocenters. The van der Waals surface area contributed by atoms with E-state index in [9.17, 15) is 4.79 Å². The number of aryl methyl sites for hydroxylation is 1. The van der Waals surface area contributed by atoms with E-state index in [1.54, 1.807) is 12.1 Å². The first-order chi connectivity index (χ1) is 13.1. The van der Waals surface area contributed by atoms with E-state index in [-0.39, 0.29) is 5.91 Å². The van der Waals surface area contributed by atoms with Crippen molar-refractivity contribution in [2.24, 2.45) is 0 Å².